The number of likely N-dealkylation sites (N-methyl/N-ethyl adjacent to an activating group) is 1. The molecule has 0 spiro atoms. The molecule has 1 aliphatic rings. The topological polar surface area (TPSA) is 49.9 Å². The van der Waals surface area contributed by atoms with Crippen molar-refractivity contribution >= 4 is 11.8 Å². The summed E-state index contributed by atoms with van der Waals surface area (Å²) in [4.78, 5) is 28.9. The van der Waals surface area contributed by atoms with Crippen LogP contribution < -0.4 is 4.74 Å². The number of hydrogen-bond donors (Lipinski definition) is 0. The lowest BCUT2D eigenvalue weighted by atomic mass is 9.71. The van der Waals surface area contributed by atoms with Gasteiger partial charge in [0.25, 0.3) is 0 Å². The van der Waals surface area contributed by atoms with Gasteiger partial charge in [0, 0.05) is 27.1 Å². The molecule has 154 valence electrons. The van der Waals surface area contributed by atoms with E-state index in [1.165, 1.54) is 0 Å². The van der Waals surface area contributed by atoms with E-state index in [9.17, 15) is 9.59 Å². The van der Waals surface area contributed by atoms with Gasteiger partial charge in [-0.1, -0.05) is 48.5 Å². The van der Waals surface area contributed by atoms with E-state index in [2.05, 4.69) is 0 Å². The zero-order chi connectivity index (χ0) is 20.9. The molecule has 1 fully saturated rings. The van der Waals surface area contributed by atoms with Gasteiger partial charge in [-0.3, -0.25) is 9.59 Å². The smallest absolute Gasteiger partial charge is 0.233 e. The molecule has 0 N–H and O–H groups in total. The van der Waals surface area contributed by atoms with E-state index in [4.69, 9.17) is 4.74 Å². The lowest BCUT2D eigenvalue weighted by molar-refractivity contribution is -0.141. The van der Waals surface area contributed by atoms with Crippen molar-refractivity contribution in [2.24, 2.45) is 0 Å². The molecule has 2 aromatic rings. The maximum atomic E-state index is 13.6. The van der Waals surface area contributed by atoms with Crippen LogP contribution in [0.15, 0.2) is 54.6 Å². The molecule has 5 nitrogen and oxygen atoms in total. The molecule has 0 unspecified atom stereocenters. The summed E-state index contributed by atoms with van der Waals surface area (Å²) >= 11 is 0. The fraction of sp³-hybridized carbons (Fsp3) is 0.417. The number of piperidine rings is 1. The van der Waals surface area contributed by atoms with Gasteiger partial charge in [-0.05, 0) is 37.0 Å². The van der Waals surface area contributed by atoms with Gasteiger partial charge in [0.05, 0.1) is 12.0 Å². The second-order valence-corrected chi connectivity index (χ2v) is 7.79. The van der Waals surface area contributed by atoms with Gasteiger partial charge in [0.15, 0.2) is 0 Å². The zero-order valence-electron chi connectivity index (χ0n) is 17.6. The van der Waals surface area contributed by atoms with Crippen LogP contribution in [0.25, 0.3) is 0 Å². The van der Waals surface area contributed by atoms with E-state index >= 15 is 0 Å². The van der Waals surface area contributed by atoms with Gasteiger partial charge < -0.3 is 14.5 Å². The predicted octanol–water partition coefficient (Wildman–Crippen LogP) is 3.41. The van der Waals surface area contributed by atoms with Gasteiger partial charge in [-0.2, -0.15) is 0 Å². The first kappa shape index (κ1) is 20.9. The van der Waals surface area contributed by atoms with Crippen LogP contribution in [0.2, 0.25) is 0 Å². The Morgan fingerprint density at radius 1 is 1.03 bits per heavy atom. The van der Waals surface area contributed by atoms with E-state index in [0.29, 0.717) is 39.1 Å². The summed E-state index contributed by atoms with van der Waals surface area (Å²) in [6.07, 6.45) is 1.27. The number of rotatable bonds is 6. The van der Waals surface area contributed by atoms with Crippen LogP contribution in [0.4, 0.5) is 0 Å². The van der Waals surface area contributed by atoms with Crippen LogP contribution in [0.5, 0.6) is 5.75 Å². The van der Waals surface area contributed by atoms with Crippen LogP contribution in [0.3, 0.4) is 0 Å². The first-order chi connectivity index (χ1) is 13.9. The van der Waals surface area contributed by atoms with Gasteiger partial charge in [-0.25, -0.2) is 0 Å². The van der Waals surface area contributed by atoms with Crippen molar-refractivity contribution in [1.29, 1.82) is 0 Å². The normalized spacial score (nSPS) is 15.6. The highest BCUT2D eigenvalue weighted by Crippen LogP contribution is 2.37. The van der Waals surface area contributed by atoms with Crippen molar-refractivity contribution in [3.05, 3.63) is 65.7 Å². The Bertz CT molecular complexity index is 842. The summed E-state index contributed by atoms with van der Waals surface area (Å²) in [6.45, 7) is 5.76. The summed E-state index contributed by atoms with van der Waals surface area (Å²) in [5.41, 5.74) is 1.52. The van der Waals surface area contributed by atoms with E-state index in [0.717, 1.165) is 16.9 Å². The second kappa shape index (κ2) is 9.12. The fourth-order valence-corrected chi connectivity index (χ4v) is 4.06. The van der Waals surface area contributed by atoms with Crippen LogP contribution in [0, 0.1) is 6.92 Å². The van der Waals surface area contributed by atoms with Gasteiger partial charge >= 0.3 is 0 Å². The number of carbonyl (C=O) groups is 2. The second-order valence-electron chi connectivity index (χ2n) is 7.79. The first-order valence-electron chi connectivity index (χ1n) is 10.2. The lowest BCUT2D eigenvalue weighted by Gasteiger charge is -2.42. The van der Waals surface area contributed by atoms with Gasteiger partial charge in [0.1, 0.15) is 12.4 Å². The number of benzene rings is 2. The van der Waals surface area contributed by atoms with E-state index in [-0.39, 0.29) is 11.8 Å². The monoisotopic (exact) mass is 394 g/mol. The molecule has 0 atom stereocenters. The number of ether oxygens (including phenoxy) is 1. The minimum atomic E-state index is -0.593. The van der Waals surface area contributed by atoms with E-state index in [1.807, 2.05) is 73.5 Å². The summed E-state index contributed by atoms with van der Waals surface area (Å²) in [6, 6.07) is 17.9. The van der Waals surface area contributed by atoms with Crippen molar-refractivity contribution in [2.75, 3.05) is 33.3 Å². The minimum absolute atomic E-state index is 0.0686. The number of nitrogens with zero attached hydrogens (tertiary/aromatic N) is 2. The number of aryl methyl sites for hydroxylation is 1. The molecule has 2 amide bonds. The molecule has 1 saturated heterocycles. The van der Waals surface area contributed by atoms with Crippen LogP contribution in [-0.2, 0) is 15.0 Å². The van der Waals surface area contributed by atoms with Crippen LogP contribution >= 0.6 is 0 Å². The van der Waals surface area contributed by atoms with E-state index in [1.54, 1.807) is 11.8 Å². The number of hydrogen-bond acceptors (Lipinski definition) is 3. The quantitative estimate of drug-likeness (QED) is 0.754. The average molecular weight is 395 g/mol. The van der Waals surface area contributed by atoms with Crippen LogP contribution in [-0.4, -0.2) is 54.9 Å². The molecule has 0 bridgehead atoms. The Morgan fingerprint density at radius 2 is 1.66 bits per heavy atom. The maximum Gasteiger partial charge on any atom is 0.233 e. The molecule has 1 aliphatic heterocycles. The highest BCUT2D eigenvalue weighted by Gasteiger charge is 2.44. The van der Waals surface area contributed by atoms with Crippen molar-refractivity contribution in [3.63, 3.8) is 0 Å². The van der Waals surface area contributed by atoms with Crippen molar-refractivity contribution in [2.45, 2.75) is 32.1 Å². The molecule has 0 saturated carbocycles. The Kier molecular flexibility index (Phi) is 6.57. The van der Waals surface area contributed by atoms with E-state index < -0.39 is 5.41 Å². The third kappa shape index (κ3) is 4.61. The summed E-state index contributed by atoms with van der Waals surface area (Å²) in [5.74, 6) is 1.01. The zero-order valence-corrected chi connectivity index (χ0v) is 17.6. The van der Waals surface area contributed by atoms with Gasteiger partial charge in [-0.15, -0.1) is 0 Å². The Labute approximate surface area is 173 Å². The Balaban J connectivity index is 1.71. The summed E-state index contributed by atoms with van der Waals surface area (Å²) in [7, 11) is 1.84. The number of likely N-dealkylation sites (tertiary alicyclic amines) is 1. The number of amides is 2. The van der Waals surface area contributed by atoms with Crippen LogP contribution in [0.1, 0.15) is 30.9 Å². The Hall–Kier alpha value is -2.82. The average Bonchev–Trinajstić information content (AvgIpc) is 2.75. The molecule has 2 aromatic carbocycles. The summed E-state index contributed by atoms with van der Waals surface area (Å²) < 4.78 is 5.89. The third-order valence-corrected chi connectivity index (χ3v) is 5.92. The molecule has 1 heterocycles. The predicted molar refractivity (Wildman–Crippen MR) is 114 cm³/mol. The molecular formula is C24H30N2O3. The highest BCUT2D eigenvalue weighted by molar-refractivity contribution is 5.88. The summed E-state index contributed by atoms with van der Waals surface area (Å²) in [5, 5.41) is 0. The molecule has 0 aromatic heterocycles. The molecular weight excluding hydrogens is 364 g/mol. The molecule has 0 aliphatic carbocycles. The first-order valence-corrected chi connectivity index (χ1v) is 10.2. The molecule has 29 heavy (non-hydrogen) atoms. The largest absolute Gasteiger partial charge is 0.491 e. The number of para-hydroxylation sites is 1. The SMILES string of the molecule is CC(=O)N1CCC(C(=O)N(C)CCOc2ccccc2C)(c2ccccc2)CC1. The molecule has 5 heteroatoms. The molecule has 0 radical (unpaired) electrons. The van der Waals surface area contributed by atoms with Crippen molar-refractivity contribution in [3.8, 4) is 5.75 Å². The third-order valence-electron chi connectivity index (χ3n) is 5.92. The fourth-order valence-electron chi connectivity index (χ4n) is 4.06. The van der Waals surface area contributed by atoms with Crippen molar-refractivity contribution < 1.29 is 14.3 Å². The Morgan fingerprint density at radius 3 is 2.28 bits per heavy atom. The maximum absolute atomic E-state index is 13.6. The minimum Gasteiger partial charge on any atom is -0.491 e. The highest BCUT2D eigenvalue weighted by atomic mass is 16.5. The number of carbonyl (C=O) groups excluding carboxylic acids is 2. The van der Waals surface area contributed by atoms with Crippen molar-refractivity contribution in [1.82, 2.24) is 9.80 Å². The lowest BCUT2D eigenvalue weighted by Crippen LogP contribution is -2.53. The van der Waals surface area contributed by atoms with Gasteiger partial charge in [0.2, 0.25) is 11.8 Å². The molecule has 3 rings (SSSR count). The standard InChI is InChI=1S/C24H30N2O3/c1-19-9-7-8-12-22(19)29-18-17-25(3)23(28)24(21-10-5-4-6-11-21)13-15-26(16-14-24)20(2)27/h4-12H,13-18H2,1-3H3.